The Morgan fingerprint density at radius 2 is 1.93 bits per heavy atom. The summed E-state index contributed by atoms with van der Waals surface area (Å²) in [6.45, 7) is 2.87. The molecule has 4 rings (SSSR count). The zero-order valence-electron chi connectivity index (χ0n) is 15.8. The summed E-state index contributed by atoms with van der Waals surface area (Å²) in [6, 6.07) is 11.8. The number of nitrogens with zero attached hydrogens (tertiary/aromatic N) is 1. The third-order valence-corrected chi connectivity index (χ3v) is 6.09. The summed E-state index contributed by atoms with van der Waals surface area (Å²) >= 11 is 0. The van der Waals surface area contributed by atoms with E-state index >= 15 is 0 Å². The Labute approximate surface area is 169 Å². The van der Waals surface area contributed by atoms with E-state index in [0.717, 1.165) is 12.0 Å². The van der Waals surface area contributed by atoms with Crippen LogP contribution in [0.4, 0.5) is 0 Å². The van der Waals surface area contributed by atoms with Gasteiger partial charge in [0.1, 0.15) is 12.4 Å². The summed E-state index contributed by atoms with van der Waals surface area (Å²) in [7, 11) is -3.62. The van der Waals surface area contributed by atoms with Crippen LogP contribution in [0, 0.1) is 0 Å². The van der Waals surface area contributed by atoms with Crippen molar-refractivity contribution in [1.82, 2.24) is 10.0 Å². The quantitative estimate of drug-likeness (QED) is 0.792. The lowest BCUT2D eigenvalue weighted by atomic mass is 10.1. The summed E-state index contributed by atoms with van der Waals surface area (Å²) < 4.78 is 37.9. The molecule has 0 aromatic heterocycles. The number of carbonyl (C=O) groups excluding carboxylic acids is 1. The average molecular weight is 415 g/mol. The first-order valence-corrected chi connectivity index (χ1v) is 10.8. The molecule has 2 N–H and O–H groups in total. The summed E-state index contributed by atoms with van der Waals surface area (Å²) in [5, 5.41) is 2.87. The molecule has 2 aromatic carbocycles. The minimum atomic E-state index is -3.62. The van der Waals surface area contributed by atoms with Gasteiger partial charge in [-0.3, -0.25) is 14.5 Å². The van der Waals surface area contributed by atoms with Gasteiger partial charge in [0.15, 0.2) is 11.5 Å². The van der Waals surface area contributed by atoms with Crippen LogP contribution in [-0.4, -0.2) is 39.9 Å². The molecule has 2 heterocycles. The number of sulfonamides is 1. The van der Waals surface area contributed by atoms with Crippen LogP contribution in [0.25, 0.3) is 0 Å². The molecule has 0 radical (unpaired) electrons. The molecule has 2 aromatic rings. The van der Waals surface area contributed by atoms with Crippen LogP contribution in [0.1, 0.15) is 30.5 Å². The number of amidine groups is 1. The van der Waals surface area contributed by atoms with Crippen LogP contribution in [0.3, 0.4) is 0 Å². The van der Waals surface area contributed by atoms with Gasteiger partial charge in [-0.2, -0.15) is 0 Å². The number of carbonyl (C=O) groups is 1. The van der Waals surface area contributed by atoms with Crippen molar-refractivity contribution in [1.29, 1.82) is 0 Å². The zero-order valence-corrected chi connectivity index (χ0v) is 16.7. The van der Waals surface area contributed by atoms with Gasteiger partial charge in [-0.15, -0.1) is 0 Å². The van der Waals surface area contributed by atoms with Gasteiger partial charge in [0.05, 0.1) is 24.2 Å². The number of amides is 1. The predicted molar refractivity (Wildman–Crippen MR) is 107 cm³/mol. The fourth-order valence-electron chi connectivity index (χ4n) is 3.22. The Bertz CT molecular complexity index is 1080. The number of aliphatic imine (C=N–C) groups is 1. The maximum atomic E-state index is 12.3. The van der Waals surface area contributed by atoms with E-state index in [1.54, 1.807) is 18.2 Å². The molecule has 9 heteroatoms. The summed E-state index contributed by atoms with van der Waals surface area (Å²) in [5.74, 6) is 1.22. The first-order chi connectivity index (χ1) is 13.9. The third-order valence-electron chi connectivity index (χ3n) is 4.69. The molecule has 0 aliphatic carbocycles. The van der Waals surface area contributed by atoms with E-state index in [4.69, 9.17) is 9.47 Å². The lowest BCUT2D eigenvalue weighted by Crippen LogP contribution is -2.30. The fourth-order valence-corrected chi connectivity index (χ4v) is 4.47. The van der Waals surface area contributed by atoms with Gasteiger partial charge in [0, 0.05) is 12.0 Å². The lowest BCUT2D eigenvalue weighted by Gasteiger charge is -2.16. The molecule has 1 unspecified atom stereocenters. The van der Waals surface area contributed by atoms with E-state index in [2.05, 4.69) is 15.0 Å². The van der Waals surface area contributed by atoms with E-state index in [-0.39, 0.29) is 29.2 Å². The Balaban J connectivity index is 1.43. The topological polar surface area (TPSA) is 106 Å². The molecule has 8 nitrogen and oxygen atoms in total. The highest BCUT2D eigenvalue weighted by molar-refractivity contribution is 7.90. The van der Waals surface area contributed by atoms with E-state index in [1.807, 2.05) is 25.1 Å². The number of hydrogen-bond acceptors (Lipinski definition) is 6. The van der Waals surface area contributed by atoms with Crippen LogP contribution in [0.15, 0.2) is 52.4 Å². The maximum absolute atomic E-state index is 12.3. The van der Waals surface area contributed by atoms with Crippen molar-refractivity contribution < 1.29 is 22.7 Å². The standard InChI is InChI=1S/C20H21N3O5S/c1-13(14-7-8-16-17(11-14)28-10-4-9-27-16)22-19(24)12-21-20-15-5-2-3-6-18(15)29(25,26)23-20/h2-3,5-8,11,13H,4,9-10,12H2,1H3,(H,21,23)(H,22,24). The van der Waals surface area contributed by atoms with Crippen molar-refractivity contribution in [2.45, 2.75) is 24.3 Å². The Morgan fingerprint density at radius 1 is 1.17 bits per heavy atom. The molecule has 0 fully saturated rings. The van der Waals surface area contributed by atoms with Crippen molar-refractivity contribution in [3.8, 4) is 11.5 Å². The SMILES string of the molecule is CC(NC(=O)CN=C1NS(=O)(=O)c2ccccc21)c1ccc2c(c1)OCCCO2. The number of fused-ring (bicyclic) bond motifs is 2. The monoisotopic (exact) mass is 415 g/mol. The Morgan fingerprint density at radius 3 is 2.76 bits per heavy atom. The average Bonchev–Trinajstić information content (AvgIpc) is 2.85. The van der Waals surface area contributed by atoms with Crippen LogP contribution >= 0.6 is 0 Å². The van der Waals surface area contributed by atoms with Gasteiger partial charge in [0.2, 0.25) is 5.91 Å². The first-order valence-electron chi connectivity index (χ1n) is 9.29. The largest absolute Gasteiger partial charge is 0.490 e. The minimum Gasteiger partial charge on any atom is -0.490 e. The van der Waals surface area contributed by atoms with Crippen molar-refractivity contribution in [2.24, 2.45) is 4.99 Å². The Hall–Kier alpha value is -3.07. The Kier molecular flexibility index (Phi) is 5.14. The van der Waals surface area contributed by atoms with Crippen molar-refractivity contribution in [2.75, 3.05) is 19.8 Å². The van der Waals surface area contributed by atoms with Gasteiger partial charge in [-0.1, -0.05) is 18.2 Å². The highest BCUT2D eigenvalue weighted by Gasteiger charge is 2.30. The molecule has 0 spiro atoms. The normalized spacial score (nSPS) is 19.0. The molecular formula is C20H21N3O5S. The molecule has 29 heavy (non-hydrogen) atoms. The lowest BCUT2D eigenvalue weighted by molar-refractivity contribution is -0.120. The maximum Gasteiger partial charge on any atom is 0.263 e. The minimum absolute atomic E-state index is 0.166. The first kappa shape index (κ1) is 19.3. The second kappa shape index (κ2) is 7.75. The molecule has 2 aliphatic heterocycles. The molecule has 152 valence electrons. The van der Waals surface area contributed by atoms with Crippen LogP contribution in [0.2, 0.25) is 0 Å². The fraction of sp³-hybridized carbons (Fsp3) is 0.300. The van der Waals surface area contributed by atoms with E-state index in [1.165, 1.54) is 6.07 Å². The summed E-state index contributed by atoms with van der Waals surface area (Å²) in [6.07, 6.45) is 0.823. The molecular weight excluding hydrogens is 394 g/mol. The molecule has 1 atom stereocenters. The highest BCUT2D eigenvalue weighted by Crippen LogP contribution is 2.32. The smallest absolute Gasteiger partial charge is 0.263 e. The number of hydrogen-bond donors (Lipinski definition) is 2. The number of ether oxygens (including phenoxy) is 2. The van der Waals surface area contributed by atoms with Gasteiger partial charge < -0.3 is 14.8 Å². The molecule has 0 saturated carbocycles. The molecule has 1 amide bonds. The second-order valence-electron chi connectivity index (χ2n) is 6.81. The van der Waals surface area contributed by atoms with Crippen LogP contribution in [-0.2, 0) is 14.8 Å². The third kappa shape index (κ3) is 4.04. The van der Waals surface area contributed by atoms with Crippen LogP contribution < -0.4 is 19.5 Å². The number of nitrogens with one attached hydrogen (secondary N) is 2. The predicted octanol–water partition coefficient (Wildman–Crippen LogP) is 1.76. The second-order valence-corrected chi connectivity index (χ2v) is 8.46. The van der Waals surface area contributed by atoms with Crippen LogP contribution in [0.5, 0.6) is 11.5 Å². The van der Waals surface area contributed by atoms with Gasteiger partial charge >= 0.3 is 0 Å². The number of rotatable bonds is 4. The van der Waals surface area contributed by atoms with Crippen molar-refractivity contribution in [3.63, 3.8) is 0 Å². The van der Waals surface area contributed by atoms with Gasteiger partial charge in [0.25, 0.3) is 10.0 Å². The van der Waals surface area contributed by atoms with Gasteiger partial charge in [-0.25, -0.2) is 8.42 Å². The van der Waals surface area contributed by atoms with Gasteiger partial charge in [-0.05, 0) is 36.8 Å². The van der Waals surface area contributed by atoms with Crippen molar-refractivity contribution >= 4 is 21.8 Å². The summed E-state index contributed by atoms with van der Waals surface area (Å²) in [4.78, 5) is 16.7. The molecule has 2 aliphatic rings. The molecule has 0 bridgehead atoms. The zero-order chi connectivity index (χ0) is 20.4. The molecule has 0 saturated heterocycles. The highest BCUT2D eigenvalue weighted by atomic mass is 32.2. The van der Waals surface area contributed by atoms with Crippen molar-refractivity contribution in [3.05, 3.63) is 53.6 Å². The van der Waals surface area contributed by atoms with E-state index < -0.39 is 10.0 Å². The number of benzene rings is 2. The van der Waals surface area contributed by atoms with E-state index in [0.29, 0.717) is 30.3 Å². The summed E-state index contributed by atoms with van der Waals surface area (Å²) in [5.41, 5.74) is 1.35. The van der Waals surface area contributed by atoms with E-state index in [9.17, 15) is 13.2 Å².